The number of aryl methyl sites for hydroxylation is 2. The smallest absolute Gasteiger partial charge is 0.265 e. The number of carbonyl (C=O) groups excluding carboxylic acids is 1. The fourth-order valence-electron chi connectivity index (χ4n) is 3.22. The van der Waals surface area contributed by atoms with E-state index in [1.165, 1.54) is 29.5 Å². The van der Waals surface area contributed by atoms with Gasteiger partial charge in [0, 0.05) is 5.69 Å². The van der Waals surface area contributed by atoms with Gasteiger partial charge in [0.1, 0.15) is 5.75 Å². The molecule has 3 rings (SSSR count). The van der Waals surface area contributed by atoms with Crippen LogP contribution < -0.4 is 10.1 Å². The maximum absolute atomic E-state index is 12.5. The first-order valence-corrected chi connectivity index (χ1v) is 8.71. The molecule has 0 radical (unpaired) electrons. The lowest BCUT2D eigenvalue weighted by Gasteiger charge is -2.22. The lowest BCUT2D eigenvalue weighted by Crippen LogP contribution is -2.31. The summed E-state index contributed by atoms with van der Waals surface area (Å²) in [4.78, 5) is 12.5. The number of ether oxygens (including phenoxy) is 1. The van der Waals surface area contributed by atoms with Gasteiger partial charge in [0.2, 0.25) is 0 Å². The molecule has 1 aliphatic carbocycles. The minimum atomic E-state index is -0.529. The van der Waals surface area contributed by atoms with Crippen molar-refractivity contribution in [3.8, 4) is 5.75 Å². The molecule has 1 aliphatic rings. The molecule has 3 nitrogen and oxygen atoms in total. The molecular formula is C21H25NO2. The van der Waals surface area contributed by atoms with Gasteiger partial charge in [-0.25, -0.2) is 0 Å². The van der Waals surface area contributed by atoms with Crippen molar-refractivity contribution in [3.05, 3.63) is 58.7 Å². The van der Waals surface area contributed by atoms with E-state index in [1.807, 2.05) is 51.1 Å². The summed E-state index contributed by atoms with van der Waals surface area (Å²) >= 11 is 0. The van der Waals surface area contributed by atoms with Crippen LogP contribution in [0, 0.1) is 13.8 Å². The second-order valence-electron chi connectivity index (χ2n) is 6.60. The molecule has 3 heteroatoms. The first kappa shape index (κ1) is 16.6. The zero-order chi connectivity index (χ0) is 17.1. The summed E-state index contributed by atoms with van der Waals surface area (Å²) in [6.45, 7) is 5.87. The normalized spacial score (nSPS) is 14.6. The van der Waals surface area contributed by atoms with Gasteiger partial charge < -0.3 is 10.1 Å². The molecule has 1 N–H and O–H groups in total. The zero-order valence-corrected chi connectivity index (χ0v) is 14.7. The number of benzene rings is 2. The van der Waals surface area contributed by atoms with E-state index in [0.717, 1.165) is 29.8 Å². The van der Waals surface area contributed by atoms with Crippen molar-refractivity contribution in [3.63, 3.8) is 0 Å². The molecule has 0 unspecified atom stereocenters. The number of fused-ring (bicyclic) bond motifs is 1. The van der Waals surface area contributed by atoms with Gasteiger partial charge in [-0.1, -0.05) is 24.3 Å². The first-order valence-electron chi connectivity index (χ1n) is 8.71. The summed E-state index contributed by atoms with van der Waals surface area (Å²) < 4.78 is 6.00. The molecule has 0 fully saturated rings. The van der Waals surface area contributed by atoms with Gasteiger partial charge in [0.05, 0.1) is 0 Å². The molecular weight excluding hydrogens is 298 g/mol. The van der Waals surface area contributed by atoms with Crippen molar-refractivity contribution < 1.29 is 9.53 Å². The maximum atomic E-state index is 12.5. The summed E-state index contributed by atoms with van der Waals surface area (Å²) in [5.41, 5.74) is 5.75. The minimum Gasteiger partial charge on any atom is -0.481 e. The highest BCUT2D eigenvalue weighted by Crippen LogP contribution is 2.30. The van der Waals surface area contributed by atoms with Crippen LogP contribution in [0.5, 0.6) is 5.75 Å². The maximum Gasteiger partial charge on any atom is 0.265 e. The van der Waals surface area contributed by atoms with Gasteiger partial charge in [0.15, 0.2) is 6.10 Å². The van der Waals surface area contributed by atoms with Crippen molar-refractivity contribution in [1.29, 1.82) is 0 Å². The Morgan fingerprint density at radius 2 is 1.83 bits per heavy atom. The summed E-state index contributed by atoms with van der Waals surface area (Å²) in [6.07, 6.45) is 4.04. The fourth-order valence-corrected chi connectivity index (χ4v) is 3.22. The third-order valence-corrected chi connectivity index (χ3v) is 4.89. The molecule has 0 heterocycles. The van der Waals surface area contributed by atoms with Gasteiger partial charge >= 0.3 is 0 Å². The lowest BCUT2D eigenvalue weighted by atomic mass is 9.91. The van der Waals surface area contributed by atoms with Crippen molar-refractivity contribution in [1.82, 2.24) is 0 Å². The number of carbonyl (C=O) groups is 1. The SMILES string of the molecule is Cc1cccc(NC(=O)[C@H](C)Oc2cccc3c2CCCC3)c1C. The van der Waals surface area contributed by atoms with E-state index in [9.17, 15) is 4.79 Å². The Kier molecular flexibility index (Phi) is 4.89. The second-order valence-corrected chi connectivity index (χ2v) is 6.60. The van der Waals surface area contributed by atoms with Crippen LogP contribution in [0.25, 0.3) is 0 Å². The standard InChI is InChI=1S/C21H25NO2/c1-14-8-6-12-19(15(14)2)22-21(23)16(3)24-20-13-7-10-17-9-4-5-11-18(17)20/h6-8,10,12-13,16H,4-5,9,11H2,1-3H3,(H,22,23)/t16-/m0/s1. The van der Waals surface area contributed by atoms with E-state index in [2.05, 4.69) is 11.4 Å². The van der Waals surface area contributed by atoms with E-state index in [0.29, 0.717) is 0 Å². The Hall–Kier alpha value is -2.29. The van der Waals surface area contributed by atoms with Crippen molar-refractivity contribution in [2.24, 2.45) is 0 Å². The molecule has 0 spiro atoms. The average molecular weight is 323 g/mol. The van der Waals surface area contributed by atoms with Gasteiger partial charge in [-0.15, -0.1) is 0 Å². The number of anilines is 1. The molecule has 24 heavy (non-hydrogen) atoms. The van der Waals surface area contributed by atoms with Crippen LogP contribution in [0.4, 0.5) is 5.69 Å². The van der Waals surface area contributed by atoms with Gasteiger partial charge in [-0.3, -0.25) is 4.79 Å². The van der Waals surface area contributed by atoms with E-state index >= 15 is 0 Å². The number of hydrogen-bond donors (Lipinski definition) is 1. The summed E-state index contributed by atoms with van der Waals surface area (Å²) in [7, 11) is 0. The van der Waals surface area contributed by atoms with Crippen LogP contribution in [0.2, 0.25) is 0 Å². The van der Waals surface area contributed by atoms with Crippen LogP contribution in [0.1, 0.15) is 42.0 Å². The molecule has 1 atom stereocenters. The van der Waals surface area contributed by atoms with Crippen LogP contribution in [0.15, 0.2) is 36.4 Å². The van der Waals surface area contributed by atoms with E-state index in [4.69, 9.17) is 4.74 Å². The second kappa shape index (κ2) is 7.08. The Balaban J connectivity index is 1.72. The predicted molar refractivity (Wildman–Crippen MR) is 97.7 cm³/mol. The molecule has 0 aromatic heterocycles. The highest BCUT2D eigenvalue weighted by molar-refractivity contribution is 5.94. The molecule has 2 aromatic rings. The molecule has 1 amide bonds. The van der Waals surface area contributed by atoms with Crippen LogP contribution in [-0.2, 0) is 17.6 Å². The largest absolute Gasteiger partial charge is 0.481 e. The minimum absolute atomic E-state index is 0.114. The Morgan fingerprint density at radius 3 is 2.67 bits per heavy atom. The van der Waals surface area contributed by atoms with Crippen molar-refractivity contribution in [2.75, 3.05) is 5.32 Å². The third kappa shape index (κ3) is 3.45. The van der Waals surface area contributed by atoms with Crippen molar-refractivity contribution >= 4 is 11.6 Å². The molecule has 2 aromatic carbocycles. The van der Waals surface area contributed by atoms with Crippen LogP contribution >= 0.6 is 0 Å². The number of nitrogens with one attached hydrogen (secondary N) is 1. The predicted octanol–water partition coefficient (Wildman–Crippen LogP) is 4.59. The Morgan fingerprint density at radius 1 is 1.08 bits per heavy atom. The zero-order valence-electron chi connectivity index (χ0n) is 14.7. The fraction of sp³-hybridized carbons (Fsp3) is 0.381. The Bertz CT molecular complexity index is 751. The highest BCUT2D eigenvalue weighted by Gasteiger charge is 2.20. The topological polar surface area (TPSA) is 38.3 Å². The molecule has 0 saturated heterocycles. The van der Waals surface area contributed by atoms with Crippen LogP contribution in [0.3, 0.4) is 0 Å². The monoisotopic (exact) mass is 323 g/mol. The highest BCUT2D eigenvalue weighted by atomic mass is 16.5. The summed E-state index contributed by atoms with van der Waals surface area (Å²) in [6, 6.07) is 12.1. The summed E-state index contributed by atoms with van der Waals surface area (Å²) in [5.74, 6) is 0.743. The number of hydrogen-bond acceptors (Lipinski definition) is 2. The molecule has 0 bridgehead atoms. The van der Waals surface area contributed by atoms with Gasteiger partial charge in [-0.2, -0.15) is 0 Å². The van der Waals surface area contributed by atoms with Crippen LogP contribution in [-0.4, -0.2) is 12.0 Å². The molecule has 126 valence electrons. The van der Waals surface area contributed by atoms with Crippen molar-refractivity contribution in [2.45, 2.75) is 52.6 Å². The first-order chi connectivity index (χ1) is 11.6. The third-order valence-electron chi connectivity index (χ3n) is 4.89. The molecule has 0 saturated carbocycles. The number of amides is 1. The van der Waals surface area contributed by atoms with E-state index in [1.54, 1.807) is 0 Å². The summed E-state index contributed by atoms with van der Waals surface area (Å²) in [5, 5.41) is 2.99. The quantitative estimate of drug-likeness (QED) is 0.894. The average Bonchev–Trinajstić information content (AvgIpc) is 2.59. The molecule has 0 aliphatic heterocycles. The van der Waals surface area contributed by atoms with E-state index < -0.39 is 6.10 Å². The van der Waals surface area contributed by atoms with E-state index in [-0.39, 0.29) is 5.91 Å². The van der Waals surface area contributed by atoms with Gasteiger partial charge in [-0.05, 0) is 80.8 Å². The Labute approximate surface area is 144 Å². The number of rotatable bonds is 4. The lowest BCUT2D eigenvalue weighted by molar-refractivity contribution is -0.122. The van der Waals surface area contributed by atoms with Gasteiger partial charge in [0.25, 0.3) is 5.91 Å².